The van der Waals surface area contributed by atoms with E-state index in [1.807, 2.05) is 0 Å². The number of fused-ring (bicyclic) bond motifs is 1. The largest absolute Gasteiger partial charge is 0.496 e. The number of hydrogen-bond donors (Lipinski definition) is 0. The first-order valence-electron chi connectivity index (χ1n) is 6.73. The molecule has 1 heteroatoms. The number of ether oxygens (including phenoxy) is 1. The molecule has 2 rings (SSSR count). The van der Waals surface area contributed by atoms with Gasteiger partial charge in [0.2, 0.25) is 0 Å². The summed E-state index contributed by atoms with van der Waals surface area (Å²) in [6.45, 7) is 9.15. The van der Waals surface area contributed by atoms with Crippen molar-refractivity contribution in [1.29, 1.82) is 0 Å². The standard InChI is InChI=1S/C16H24O/c1-10(2)13-7-6-11(3)14-8-12(4)16(17-5)9-15(13)14/h8-11,13H,6-7H2,1-5H3/t11-,13+/m0/s1. The van der Waals surface area contributed by atoms with E-state index in [4.69, 9.17) is 4.74 Å². The maximum atomic E-state index is 5.47. The summed E-state index contributed by atoms with van der Waals surface area (Å²) >= 11 is 0. The third-order valence-electron chi connectivity index (χ3n) is 4.25. The van der Waals surface area contributed by atoms with Gasteiger partial charge in [-0.2, -0.15) is 0 Å². The molecule has 1 nitrogen and oxygen atoms in total. The molecule has 0 spiro atoms. The van der Waals surface area contributed by atoms with Gasteiger partial charge in [-0.3, -0.25) is 0 Å². The van der Waals surface area contributed by atoms with Gasteiger partial charge in [-0.1, -0.05) is 26.8 Å². The van der Waals surface area contributed by atoms with Gasteiger partial charge < -0.3 is 4.74 Å². The summed E-state index contributed by atoms with van der Waals surface area (Å²) < 4.78 is 5.47. The Morgan fingerprint density at radius 1 is 1.18 bits per heavy atom. The molecule has 0 saturated carbocycles. The summed E-state index contributed by atoms with van der Waals surface area (Å²) in [6.07, 6.45) is 2.64. The maximum Gasteiger partial charge on any atom is 0.122 e. The summed E-state index contributed by atoms with van der Waals surface area (Å²) in [6, 6.07) is 4.62. The van der Waals surface area contributed by atoms with Crippen LogP contribution in [0.15, 0.2) is 12.1 Å². The minimum absolute atomic E-state index is 0.699. The fourth-order valence-corrected chi connectivity index (χ4v) is 3.13. The number of benzene rings is 1. The second kappa shape index (κ2) is 4.72. The van der Waals surface area contributed by atoms with Crippen molar-refractivity contribution in [2.45, 2.75) is 52.4 Å². The second-order valence-electron chi connectivity index (χ2n) is 5.78. The van der Waals surface area contributed by atoms with Crippen molar-refractivity contribution in [3.05, 3.63) is 28.8 Å². The molecule has 17 heavy (non-hydrogen) atoms. The number of rotatable bonds is 2. The SMILES string of the molecule is COc1cc2c(cc1C)[C@@H](C)CC[C@@H]2C(C)C. The van der Waals surface area contributed by atoms with E-state index in [2.05, 4.69) is 39.8 Å². The van der Waals surface area contributed by atoms with Crippen LogP contribution in [-0.4, -0.2) is 7.11 Å². The van der Waals surface area contributed by atoms with Crippen molar-refractivity contribution < 1.29 is 4.74 Å². The van der Waals surface area contributed by atoms with Crippen molar-refractivity contribution >= 4 is 0 Å². The third-order valence-corrected chi connectivity index (χ3v) is 4.25. The van der Waals surface area contributed by atoms with Crippen molar-refractivity contribution in [1.82, 2.24) is 0 Å². The van der Waals surface area contributed by atoms with E-state index < -0.39 is 0 Å². The average molecular weight is 232 g/mol. The van der Waals surface area contributed by atoms with E-state index in [1.165, 1.54) is 24.0 Å². The zero-order valence-electron chi connectivity index (χ0n) is 11.7. The van der Waals surface area contributed by atoms with Crippen molar-refractivity contribution in [3.8, 4) is 5.75 Å². The molecule has 1 aromatic carbocycles. The van der Waals surface area contributed by atoms with Gasteiger partial charge in [0.1, 0.15) is 5.75 Å². The molecule has 0 heterocycles. The lowest BCUT2D eigenvalue weighted by atomic mass is 9.72. The molecular formula is C16H24O. The van der Waals surface area contributed by atoms with Crippen LogP contribution in [0.4, 0.5) is 0 Å². The highest BCUT2D eigenvalue weighted by Gasteiger charge is 2.27. The van der Waals surface area contributed by atoms with E-state index in [0.29, 0.717) is 17.8 Å². The Kier molecular flexibility index (Phi) is 3.46. The summed E-state index contributed by atoms with van der Waals surface area (Å²) in [5.74, 6) is 3.16. The van der Waals surface area contributed by atoms with Crippen molar-refractivity contribution in [2.75, 3.05) is 7.11 Å². The predicted octanol–water partition coefficient (Wildman–Crippen LogP) is 4.64. The topological polar surface area (TPSA) is 9.23 Å². The molecule has 1 aliphatic rings. The summed E-state index contributed by atoms with van der Waals surface area (Å²) in [4.78, 5) is 0. The molecule has 1 aliphatic carbocycles. The molecule has 1 aromatic rings. The van der Waals surface area contributed by atoms with E-state index in [-0.39, 0.29) is 0 Å². The van der Waals surface area contributed by atoms with Crippen LogP contribution in [0.25, 0.3) is 0 Å². The molecule has 2 atom stereocenters. The summed E-state index contributed by atoms with van der Waals surface area (Å²) in [7, 11) is 1.77. The quantitative estimate of drug-likeness (QED) is 0.721. The fraction of sp³-hybridized carbons (Fsp3) is 0.625. The molecule has 0 N–H and O–H groups in total. The van der Waals surface area contributed by atoms with Crippen LogP contribution >= 0.6 is 0 Å². The molecule has 0 fully saturated rings. The van der Waals surface area contributed by atoms with Crippen molar-refractivity contribution in [3.63, 3.8) is 0 Å². The predicted molar refractivity (Wildman–Crippen MR) is 73.0 cm³/mol. The Hall–Kier alpha value is -0.980. The first kappa shape index (κ1) is 12.5. The Labute approximate surface area is 105 Å². The third kappa shape index (κ3) is 2.20. The van der Waals surface area contributed by atoms with Gasteiger partial charge in [0, 0.05) is 0 Å². The Balaban J connectivity index is 2.52. The van der Waals surface area contributed by atoms with Crippen LogP contribution in [0.5, 0.6) is 5.75 Å². The molecule has 0 aliphatic heterocycles. The zero-order chi connectivity index (χ0) is 12.6. The second-order valence-corrected chi connectivity index (χ2v) is 5.78. The summed E-state index contributed by atoms with van der Waals surface area (Å²) in [5.41, 5.74) is 4.34. The number of methoxy groups -OCH3 is 1. The van der Waals surface area contributed by atoms with Crippen LogP contribution < -0.4 is 4.74 Å². The molecule has 0 amide bonds. The number of aryl methyl sites for hydroxylation is 1. The normalized spacial score (nSPS) is 23.6. The summed E-state index contributed by atoms with van der Waals surface area (Å²) in [5, 5.41) is 0. The van der Waals surface area contributed by atoms with Crippen LogP contribution in [0, 0.1) is 12.8 Å². The van der Waals surface area contributed by atoms with Gasteiger partial charge in [0.25, 0.3) is 0 Å². The van der Waals surface area contributed by atoms with Gasteiger partial charge in [-0.05, 0) is 60.3 Å². The van der Waals surface area contributed by atoms with Gasteiger partial charge in [-0.15, -0.1) is 0 Å². The first-order chi connectivity index (χ1) is 8.04. The zero-order valence-corrected chi connectivity index (χ0v) is 11.7. The molecule has 0 saturated heterocycles. The monoisotopic (exact) mass is 232 g/mol. The minimum atomic E-state index is 0.699. The lowest BCUT2D eigenvalue weighted by molar-refractivity contribution is 0.393. The highest BCUT2D eigenvalue weighted by Crippen LogP contribution is 2.44. The van der Waals surface area contributed by atoms with Crippen LogP contribution in [0.2, 0.25) is 0 Å². The minimum Gasteiger partial charge on any atom is -0.496 e. The van der Waals surface area contributed by atoms with Gasteiger partial charge in [-0.25, -0.2) is 0 Å². The van der Waals surface area contributed by atoms with Crippen LogP contribution in [0.1, 0.15) is 62.1 Å². The molecule has 0 aromatic heterocycles. The van der Waals surface area contributed by atoms with Crippen LogP contribution in [0.3, 0.4) is 0 Å². The Bertz CT molecular complexity index is 406. The van der Waals surface area contributed by atoms with E-state index in [9.17, 15) is 0 Å². The maximum absolute atomic E-state index is 5.47. The molecule has 0 unspecified atom stereocenters. The van der Waals surface area contributed by atoms with E-state index in [0.717, 1.165) is 5.75 Å². The van der Waals surface area contributed by atoms with Crippen molar-refractivity contribution in [2.24, 2.45) is 5.92 Å². The Morgan fingerprint density at radius 3 is 2.47 bits per heavy atom. The number of hydrogen-bond acceptors (Lipinski definition) is 1. The van der Waals surface area contributed by atoms with Gasteiger partial charge >= 0.3 is 0 Å². The molecule has 0 radical (unpaired) electrons. The highest BCUT2D eigenvalue weighted by molar-refractivity contribution is 5.46. The van der Waals surface area contributed by atoms with Gasteiger partial charge in [0.05, 0.1) is 7.11 Å². The smallest absolute Gasteiger partial charge is 0.122 e. The molecular weight excluding hydrogens is 208 g/mol. The van der Waals surface area contributed by atoms with E-state index in [1.54, 1.807) is 12.7 Å². The lowest BCUT2D eigenvalue weighted by Gasteiger charge is -2.33. The van der Waals surface area contributed by atoms with Gasteiger partial charge in [0.15, 0.2) is 0 Å². The van der Waals surface area contributed by atoms with Crippen LogP contribution in [-0.2, 0) is 0 Å². The molecule has 94 valence electrons. The highest BCUT2D eigenvalue weighted by atomic mass is 16.5. The fourth-order valence-electron chi connectivity index (χ4n) is 3.13. The first-order valence-corrected chi connectivity index (χ1v) is 6.73. The lowest BCUT2D eigenvalue weighted by Crippen LogP contribution is -2.17. The molecule has 0 bridgehead atoms. The average Bonchev–Trinajstić information content (AvgIpc) is 2.29. The van der Waals surface area contributed by atoms with E-state index >= 15 is 0 Å². The Morgan fingerprint density at radius 2 is 1.88 bits per heavy atom.